The van der Waals surface area contributed by atoms with Gasteiger partial charge in [-0.1, -0.05) is 19.1 Å². The number of halogens is 5. The number of likely N-dealkylation sites (tertiary alicyclic amines) is 1. The molecule has 3 rings (SSSR count). The van der Waals surface area contributed by atoms with Crippen molar-refractivity contribution >= 4 is 0 Å². The number of hydrogen-bond acceptors (Lipinski definition) is 2. The van der Waals surface area contributed by atoms with Crippen molar-refractivity contribution in [3.8, 4) is 16.9 Å². The lowest BCUT2D eigenvalue weighted by atomic mass is 9.89. The van der Waals surface area contributed by atoms with Crippen LogP contribution in [0.4, 0.5) is 22.0 Å². The zero-order chi connectivity index (χ0) is 23.5. The Hall–Kier alpha value is -2.15. The zero-order valence-electron chi connectivity index (χ0n) is 18.7. The van der Waals surface area contributed by atoms with Crippen LogP contribution in [0.5, 0.6) is 5.75 Å². The Kier molecular flexibility index (Phi) is 7.48. The Labute approximate surface area is 186 Å². The number of alkyl halides is 3. The maximum atomic E-state index is 14.8. The van der Waals surface area contributed by atoms with Crippen LogP contribution in [-0.4, -0.2) is 37.3 Å². The first-order chi connectivity index (χ1) is 15.0. The van der Waals surface area contributed by atoms with Crippen molar-refractivity contribution < 1.29 is 26.7 Å². The molecule has 32 heavy (non-hydrogen) atoms. The van der Waals surface area contributed by atoms with Gasteiger partial charge in [-0.2, -0.15) is 13.2 Å². The Bertz CT molecular complexity index is 917. The molecule has 7 heteroatoms. The van der Waals surface area contributed by atoms with Gasteiger partial charge >= 0.3 is 6.18 Å². The van der Waals surface area contributed by atoms with Gasteiger partial charge < -0.3 is 9.64 Å². The van der Waals surface area contributed by atoms with Crippen molar-refractivity contribution in [2.45, 2.75) is 46.2 Å². The molecule has 1 heterocycles. The zero-order valence-corrected chi connectivity index (χ0v) is 18.7. The second-order valence-corrected chi connectivity index (χ2v) is 9.17. The summed E-state index contributed by atoms with van der Waals surface area (Å²) in [6, 6.07) is 9.21. The first-order valence-corrected chi connectivity index (χ1v) is 11.0. The topological polar surface area (TPSA) is 12.5 Å². The highest BCUT2D eigenvalue weighted by molar-refractivity contribution is 5.69. The van der Waals surface area contributed by atoms with Gasteiger partial charge in [0.2, 0.25) is 0 Å². The smallest absolute Gasteiger partial charge is 0.395 e. The molecule has 1 saturated heterocycles. The third-order valence-electron chi connectivity index (χ3n) is 6.28. The average molecular weight is 456 g/mol. The van der Waals surface area contributed by atoms with E-state index in [0.717, 1.165) is 12.8 Å². The largest absolute Gasteiger partial charge is 0.493 e. The molecule has 0 aromatic heterocycles. The number of rotatable bonds is 7. The normalized spacial score (nSPS) is 16.4. The summed E-state index contributed by atoms with van der Waals surface area (Å²) in [5.74, 6) is -0.235. The standard InChI is InChI=1S/C25H30F5NO/c1-4-19-20(6-5-7-22(19)26)21-9-8-18(14-23(21)27)32-15-17-10-12-31(13-11-17)16-24(2,3)25(28,29)30/h5-9,14,17H,4,10-13,15-16H2,1-3H3. The maximum absolute atomic E-state index is 14.8. The fourth-order valence-electron chi connectivity index (χ4n) is 4.15. The van der Waals surface area contributed by atoms with E-state index in [1.165, 1.54) is 26.0 Å². The van der Waals surface area contributed by atoms with E-state index in [1.54, 1.807) is 24.3 Å². The molecular formula is C25H30F5NO. The molecule has 0 spiro atoms. The minimum Gasteiger partial charge on any atom is -0.493 e. The number of benzene rings is 2. The van der Waals surface area contributed by atoms with Crippen molar-refractivity contribution in [3.05, 3.63) is 53.6 Å². The molecule has 0 saturated carbocycles. The molecule has 0 bridgehead atoms. The molecule has 176 valence electrons. The Morgan fingerprint density at radius 1 is 0.969 bits per heavy atom. The van der Waals surface area contributed by atoms with Gasteiger partial charge in [-0.05, 0) is 81.4 Å². The second-order valence-electron chi connectivity index (χ2n) is 9.17. The van der Waals surface area contributed by atoms with Gasteiger partial charge in [0.05, 0.1) is 12.0 Å². The van der Waals surface area contributed by atoms with E-state index < -0.39 is 17.4 Å². The van der Waals surface area contributed by atoms with Crippen molar-refractivity contribution in [2.24, 2.45) is 11.3 Å². The Morgan fingerprint density at radius 2 is 1.66 bits per heavy atom. The van der Waals surface area contributed by atoms with Crippen LogP contribution in [0.15, 0.2) is 36.4 Å². The summed E-state index contributed by atoms with van der Waals surface area (Å²) in [7, 11) is 0. The molecule has 0 N–H and O–H groups in total. The summed E-state index contributed by atoms with van der Waals surface area (Å²) in [4.78, 5) is 1.85. The number of hydrogen-bond donors (Lipinski definition) is 0. The van der Waals surface area contributed by atoms with Crippen LogP contribution in [0.3, 0.4) is 0 Å². The van der Waals surface area contributed by atoms with Crippen LogP contribution in [-0.2, 0) is 6.42 Å². The summed E-state index contributed by atoms with van der Waals surface area (Å²) in [5.41, 5.74) is -0.407. The van der Waals surface area contributed by atoms with Crippen LogP contribution < -0.4 is 4.74 Å². The molecule has 2 aromatic carbocycles. The van der Waals surface area contributed by atoms with Gasteiger partial charge in [0.1, 0.15) is 17.4 Å². The Balaban J connectivity index is 1.56. The van der Waals surface area contributed by atoms with Crippen molar-refractivity contribution in [1.82, 2.24) is 4.90 Å². The van der Waals surface area contributed by atoms with Crippen molar-refractivity contribution in [1.29, 1.82) is 0 Å². The van der Waals surface area contributed by atoms with Gasteiger partial charge in [0.25, 0.3) is 0 Å². The highest BCUT2D eigenvalue weighted by Gasteiger charge is 2.48. The number of ether oxygens (including phenoxy) is 1. The minimum absolute atomic E-state index is 0.0173. The van der Waals surface area contributed by atoms with Gasteiger partial charge in [0.15, 0.2) is 0 Å². The van der Waals surface area contributed by atoms with Crippen LogP contribution in [0.2, 0.25) is 0 Å². The van der Waals surface area contributed by atoms with Crippen LogP contribution >= 0.6 is 0 Å². The molecular weight excluding hydrogens is 425 g/mol. The maximum Gasteiger partial charge on any atom is 0.395 e. The molecule has 0 radical (unpaired) electrons. The van der Waals surface area contributed by atoms with Crippen LogP contribution in [0, 0.1) is 23.0 Å². The number of nitrogens with zero attached hydrogens (tertiary/aromatic N) is 1. The molecule has 0 atom stereocenters. The predicted octanol–water partition coefficient (Wildman–Crippen LogP) is 6.87. The summed E-state index contributed by atoms with van der Waals surface area (Å²) >= 11 is 0. The molecule has 0 amide bonds. The quantitative estimate of drug-likeness (QED) is 0.422. The van der Waals surface area contributed by atoms with E-state index >= 15 is 0 Å². The van der Waals surface area contributed by atoms with Crippen LogP contribution in [0.25, 0.3) is 11.1 Å². The highest BCUT2D eigenvalue weighted by atomic mass is 19.4. The second kappa shape index (κ2) is 9.77. The summed E-state index contributed by atoms with van der Waals surface area (Å²) in [6.07, 6.45) is -2.31. The van der Waals surface area contributed by atoms with E-state index in [4.69, 9.17) is 4.74 Å². The molecule has 1 aliphatic heterocycles. The Morgan fingerprint density at radius 3 is 2.25 bits per heavy atom. The molecule has 1 aliphatic rings. The van der Waals surface area contributed by atoms with E-state index in [1.807, 2.05) is 11.8 Å². The van der Waals surface area contributed by atoms with E-state index in [9.17, 15) is 22.0 Å². The fourth-order valence-corrected chi connectivity index (χ4v) is 4.15. The van der Waals surface area contributed by atoms with Crippen molar-refractivity contribution in [2.75, 3.05) is 26.2 Å². The van der Waals surface area contributed by atoms with Crippen LogP contribution in [0.1, 0.15) is 39.2 Å². The van der Waals surface area contributed by atoms with Gasteiger partial charge in [-0.25, -0.2) is 8.78 Å². The third-order valence-corrected chi connectivity index (χ3v) is 6.28. The highest BCUT2D eigenvalue weighted by Crippen LogP contribution is 2.39. The first-order valence-electron chi connectivity index (χ1n) is 11.0. The van der Waals surface area contributed by atoms with Crippen molar-refractivity contribution in [3.63, 3.8) is 0 Å². The van der Waals surface area contributed by atoms with E-state index in [-0.39, 0.29) is 18.3 Å². The predicted molar refractivity (Wildman–Crippen MR) is 116 cm³/mol. The number of piperidine rings is 1. The fraction of sp³-hybridized carbons (Fsp3) is 0.520. The first kappa shape index (κ1) is 24.5. The SMILES string of the molecule is CCc1c(F)cccc1-c1ccc(OCC2CCN(CC(C)(C)C(F)(F)F)CC2)cc1F. The molecule has 0 aliphatic carbocycles. The minimum atomic E-state index is -4.23. The lowest BCUT2D eigenvalue weighted by molar-refractivity contribution is -0.217. The van der Waals surface area contributed by atoms with E-state index in [0.29, 0.717) is 48.6 Å². The van der Waals surface area contributed by atoms with Gasteiger partial charge in [-0.15, -0.1) is 0 Å². The molecule has 0 unspecified atom stereocenters. The third kappa shape index (κ3) is 5.61. The molecule has 1 fully saturated rings. The monoisotopic (exact) mass is 455 g/mol. The molecule has 2 nitrogen and oxygen atoms in total. The van der Waals surface area contributed by atoms with Gasteiger partial charge in [-0.3, -0.25) is 0 Å². The van der Waals surface area contributed by atoms with Gasteiger partial charge in [0, 0.05) is 18.2 Å². The lowest BCUT2D eigenvalue weighted by Crippen LogP contribution is -2.46. The average Bonchev–Trinajstić information content (AvgIpc) is 2.72. The lowest BCUT2D eigenvalue weighted by Gasteiger charge is -2.38. The molecule has 2 aromatic rings. The summed E-state index contributed by atoms with van der Waals surface area (Å²) < 4.78 is 73.9. The summed E-state index contributed by atoms with van der Waals surface area (Å²) in [6.45, 7) is 5.82. The summed E-state index contributed by atoms with van der Waals surface area (Å²) in [5, 5.41) is 0. The van der Waals surface area contributed by atoms with E-state index in [2.05, 4.69) is 0 Å².